The zero-order valence-corrected chi connectivity index (χ0v) is 18.7. The van der Waals surface area contributed by atoms with E-state index in [4.69, 9.17) is 4.74 Å². The molecule has 0 atom stereocenters. The Kier molecular flexibility index (Phi) is 8.87. The summed E-state index contributed by atoms with van der Waals surface area (Å²) in [5.74, 6) is -0.161. The van der Waals surface area contributed by atoms with Gasteiger partial charge in [0.15, 0.2) is 5.78 Å². The molecule has 6 heteroatoms. The minimum Gasteiger partial charge on any atom is -0.461 e. The molecule has 0 bridgehead atoms. The molecule has 0 amide bonds. The van der Waals surface area contributed by atoms with Crippen LogP contribution in [0.2, 0.25) is 0 Å². The molecule has 0 fully saturated rings. The summed E-state index contributed by atoms with van der Waals surface area (Å²) in [6, 6.07) is 15.0. The SMILES string of the molecule is CN(CCCC(=O)c1ccc(N(C)C)cc1)CCOC(=O)c1ccc(N(C)C)cc1. The maximum atomic E-state index is 12.3. The highest BCUT2D eigenvalue weighted by atomic mass is 16.5. The van der Waals surface area contributed by atoms with Gasteiger partial charge in [0.2, 0.25) is 0 Å². The number of hydrogen-bond acceptors (Lipinski definition) is 6. The zero-order chi connectivity index (χ0) is 22.1. The van der Waals surface area contributed by atoms with Gasteiger partial charge in [-0.25, -0.2) is 4.79 Å². The molecule has 0 saturated heterocycles. The summed E-state index contributed by atoms with van der Waals surface area (Å²) in [7, 11) is 9.83. The monoisotopic (exact) mass is 411 g/mol. The molecular formula is C24H33N3O3. The van der Waals surface area contributed by atoms with E-state index in [0.717, 1.165) is 29.9 Å². The van der Waals surface area contributed by atoms with Gasteiger partial charge < -0.3 is 19.4 Å². The molecular weight excluding hydrogens is 378 g/mol. The van der Waals surface area contributed by atoms with Crippen molar-refractivity contribution >= 4 is 23.1 Å². The Labute approximate surface area is 180 Å². The second-order valence-corrected chi connectivity index (χ2v) is 7.85. The predicted octanol–water partition coefficient (Wildman–Crippen LogP) is 3.57. The predicted molar refractivity (Wildman–Crippen MR) is 123 cm³/mol. The summed E-state index contributed by atoms with van der Waals surface area (Å²) < 4.78 is 5.36. The van der Waals surface area contributed by atoms with E-state index in [1.54, 1.807) is 12.1 Å². The van der Waals surface area contributed by atoms with Crippen LogP contribution in [0.3, 0.4) is 0 Å². The first kappa shape index (κ1) is 23.4. The number of esters is 1. The number of rotatable bonds is 11. The average molecular weight is 412 g/mol. The minimum absolute atomic E-state index is 0.154. The van der Waals surface area contributed by atoms with E-state index >= 15 is 0 Å². The van der Waals surface area contributed by atoms with Gasteiger partial charge in [0.05, 0.1) is 5.56 Å². The summed E-state index contributed by atoms with van der Waals surface area (Å²) in [5, 5.41) is 0. The third kappa shape index (κ3) is 7.19. The standard InChI is InChI=1S/C24H33N3O3/c1-25(2)21-12-8-19(9-13-21)23(28)7-6-16-27(5)17-18-30-24(29)20-10-14-22(15-11-20)26(3)4/h8-15H,6-7,16-18H2,1-5H3. The fraction of sp³-hybridized carbons (Fsp3) is 0.417. The van der Waals surface area contributed by atoms with Crippen LogP contribution in [0.25, 0.3) is 0 Å². The van der Waals surface area contributed by atoms with Crippen molar-refractivity contribution in [1.82, 2.24) is 4.90 Å². The quantitative estimate of drug-likeness (QED) is 0.416. The summed E-state index contributed by atoms with van der Waals surface area (Å²) in [6.45, 7) is 1.73. The number of ketones is 1. The molecule has 0 saturated carbocycles. The number of anilines is 2. The molecule has 0 aliphatic heterocycles. The molecule has 0 unspecified atom stereocenters. The number of Topliss-reactive ketones (excluding diaryl/α,β-unsaturated/α-hetero) is 1. The van der Waals surface area contributed by atoms with Gasteiger partial charge in [-0.3, -0.25) is 4.79 Å². The van der Waals surface area contributed by atoms with Crippen LogP contribution in [-0.2, 0) is 4.74 Å². The molecule has 0 radical (unpaired) electrons. The fourth-order valence-corrected chi connectivity index (χ4v) is 2.98. The Morgan fingerprint density at radius 3 is 1.73 bits per heavy atom. The maximum absolute atomic E-state index is 12.3. The Morgan fingerprint density at radius 1 is 0.733 bits per heavy atom. The van der Waals surface area contributed by atoms with Crippen molar-refractivity contribution in [2.45, 2.75) is 12.8 Å². The Hall–Kier alpha value is -2.86. The Morgan fingerprint density at radius 2 is 1.23 bits per heavy atom. The van der Waals surface area contributed by atoms with Crippen molar-refractivity contribution in [1.29, 1.82) is 0 Å². The van der Waals surface area contributed by atoms with Crippen LogP contribution in [-0.4, -0.2) is 71.6 Å². The van der Waals surface area contributed by atoms with Gasteiger partial charge in [-0.05, 0) is 68.5 Å². The molecule has 2 aromatic carbocycles. The highest BCUT2D eigenvalue weighted by Gasteiger charge is 2.10. The van der Waals surface area contributed by atoms with Crippen LogP contribution in [0.4, 0.5) is 11.4 Å². The van der Waals surface area contributed by atoms with Gasteiger partial charge in [0.25, 0.3) is 0 Å². The lowest BCUT2D eigenvalue weighted by Crippen LogP contribution is -2.25. The first-order valence-electron chi connectivity index (χ1n) is 10.2. The first-order chi connectivity index (χ1) is 14.3. The van der Waals surface area contributed by atoms with E-state index in [9.17, 15) is 9.59 Å². The van der Waals surface area contributed by atoms with Gasteiger partial charge in [0, 0.05) is 58.1 Å². The molecule has 2 aromatic rings. The number of benzene rings is 2. The van der Waals surface area contributed by atoms with Crippen LogP contribution in [0.1, 0.15) is 33.6 Å². The number of carbonyl (C=O) groups is 2. The maximum Gasteiger partial charge on any atom is 0.338 e. The smallest absolute Gasteiger partial charge is 0.338 e. The third-order valence-corrected chi connectivity index (χ3v) is 4.97. The normalized spacial score (nSPS) is 10.7. The largest absolute Gasteiger partial charge is 0.461 e. The second kappa shape index (κ2) is 11.4. The molecule has 0 aliphatic carbocycles. The van der Waals surface area contributed by atoms with E-state index in [0.29, 0.717) is 25.1 Å². The molecule has 0 spiro atoms. The summed E-state index contributed by atoms with van der Waals surface area (Å²) in [6.07, 6.45) is 1.27. The van der Waals surface area contributed by atoms with Crippen molar-refractivity contribution in [3.63, 3.8) is 0 Å². The zero-order valence-electron chi connectivity index (χ0n) is 18.7. The van der Waals surface area contributed by atoms with E-state index in [2.05, 4.69) is 4.90 Å². The van der Waals surface area contributed by atoms with Crippen LogP contribution >= 0.6 is 0 Å². The van der Waals surface area contributed by atoms with Gasteiger partial charge in [-0.2, -0.15) is 0 Å². The van der Waals surface area contributed by atoms with Gasteiger partial charge in [-0.1, -0.05) is 0 Å². The van der Waals surface area contributed by atoms with E-state index in [-0.39, 0.29) is 11.8 Å². The van der Waals surface area contributed by atoms with Crippen LogP contribution < -0.4 is 9.80 Å². The van der Waals surface area contributed by atoms with Crippen molar-refractivity contribution in [3.8, 4) is 0 Å². The van der Waals surface area contributed by atoms with Crippen LogP contribution in [0.5, 0.6) is 0 Å². The minimum atomic E-state index is -0.315. The number of nitrogens with zero attached hydrogens (tertiary/aromatic N) is 3. The number of likely N-dealkylation sites (N-methyl/N-ethyl adjacent to an activating group) is 1. The summed E-state index contributed by atoms with van der Waals surface area (Å²) >= 11 is 0. The lowest BCUT2D eigenvalue weighted by molar-refractivity contribution is 0.0473. The number of hydrogen-bond donors (Lipinski definition) is 0. The molecule has 30 heavy (non-hydrogen) atoms. The molecule has 0 aliphatic rings. The first-order valence-corrected chi connectivity index (χ1v) is 10.2. The Balaban J connectivity index is 1.66. The fourth-order valence-electron chi connectivity index (χ4n) is 2.98. The lowest BCUT2D eigenvalue weighted by atomic mass is 10.1. The van der Waals surface area contributed by atoms with E-state index in [1.807, 2.05) is 81.4 Å². The second-order valence-electron chi connectivity index (χ2n) is 7.85. The van der Waals surface area contributed by atoms with Gasteiger partial charge in [0.1, 0.15) is 6.61 Å². The third-order valence-electron chi connectivity index (χ3n) is 4.97. The molecule has 6 nitrogen and oxygen atoms in total. The highest BCUT2D eigenvalue weighted by molar-refractivity contribution is 5.96. The topological polar surface area (TPSA) is 53.1 Å². The molecule has 0 heterocycles. The molecule has 0 aromatic heterocycles. The number of ether oxygens (including phenoxy) is 1. The van der Waals surface area contributed by atoms with Crippen LogP contribution in [0.15, 0.2) is 48.5 Å². The summed E-state index contributed by atoms with van der Waals surface area (Å²) in [5.41, 5.74) is 3.41. The van der Waals surface area contributed by atoms with Crippen molar-refractivity contribution in [3.05, 3.63) is 59.7 Å². The van der Waals surface area contributed by atoms with Gasteiger partial charge >= 0.3 is 5.97 Å². The average Bonchev–Trinajstić information content (AvgIpc) is 2.73. The molecule has 162 valence electrons. The Bertz CT molecular complexity index is 745. The van der Waals surface area contributed by atoms with Crippen molar-refractivity contribution < 1.29 is 14.3 Å². The molecule has 2 rings (SSSR count). The van der Waals surface area contributed by atoms with E-state index < -0.39 is 0 Å². The molecule has 0 N–H and O–H groups in total. The highest BCUT2D eigenvalue weighted by Crippen LogP contribution is 2.15. The van der Waals surface area contributed by atoms with Crippen molar-refractivity contribution in [2.24, 2.45) is 0 Å². The van der Waals surface area contributed by atoms with E-state index in [1.165, 1.54) is 0 Å². The van der Waals surface area contributed by atoms with Crippen LogP contribution in [0, 0.1) is 0 Å². The lowest BCUT2D eigenvalue weighted by Gasteiger charge is -2.16. The number of carbonyl (C=O) groups excluding carboxylic acids is 2. The summed E-state index contributed by atoms with van der Waals surface area (Å²) in [4.78, 5) is 30.5. The van der Waals surface area contributed by atoms with Gasteiger partial charge in [-0.15, -0.1) is 0 Å². The van der Waals surface area contributed by atoms with Crippen molar-refractivity contribution in [2.75, 3.05) is 64.7 Å².